The van der Waals surface area contributed by atoms with Gasteiger partial charge in [0, 0.05) is 19.6 Å². The number of fused-ring (bicyclic) bond motifs is 3. The van der Waals surface area contributed by atoms with E-state index in [2.05, 4.69) is 10.6 Å². The van der Waals surface area contributed by atoms with E-state index in [0.29, 0.717) is 12.2 Å². The Bertz CT molecular complexity index is 449. The number of rotatable bonds is 0. The number of benzene rings is 1. The van der Waals surface area contributed by atoms with E-state index in [4.69, 9.17) is 0 Å². The third kappa shape index (κ3) is 1.28. The third-order valence-corrected chi connectivity index (χ3v) is 3.07. The first-order valence-corrected chi connectivity index (χ1v) is 5.34. The van der Waals surface area contributed by atoms with Gasteiger partial charge in [-0.05, 0) is 12.1 Å². The maximum Gasteiger partial charge on any atom is 0.258 e. The first-order valence-electron chi connectivity index (χ1n) is 5.34. The van der Waals surface area contributed by atoms with Gasteiger partial charge in [-0.1, -0.05) is 6.07 Å². The highest BCUT2D eigenvalue weighted by atomic mass is 19.1. The molecule has 84 valence electrons. The molecule has 4 nitrogen and oxygen atoms in total. The van der Waals surface area contributed by atoms with E-state index in [9.17, 15) is 9.18 Å². The molecule has 1 saturated heterocycles. The van der Waals surface area contributed by atoms with Crippen LogP contribution >= 0.6 is 0 Å². The molecule has 0 aliphatic carbocycles. The van der Waals surface area contributed by atoms with Gasteiger partial charge < -0.3 is 15.5 Å². The van der Waals surface area contributed by atoms with Crippen molar-refractivity contribution in [3.8, 4) is 0 Å². The first kappa shape index (κ1) is 9.59. The summed E-state index contributed by atoms with van der Waals surface area (Å²) in [6.07, 6.45) is -0.0597. The van der Waals surface area contributed by atoms with Crippen LogP contribution in [0.5, 0.6) is 0 Å². The second-order valence-electron chi connectivity index (χ2n) is 4.02. The average Bonchev–Trinajstić information content (AvgIpc) is 2.29. The number of halogens is 1. The summed E-state index contributed by atoms with van der Waals surface area (Å²) in [6.45, 7) is 2.32. The number of hydrogen-bond donors (Lipinski definition) is 2. The van der Waals surface area contributed by atoms with E-state index < -0.39 is 5.82 Å². The van der Waals surface area contributed by atoms with E-state index >= 15 is 0 Å². The number of piperazine rings is 1. The standard InChI is InChI=1S/C11H12FN3O/c12-7-2-1-3-8-10(7)11(16)14-9-6-13-4-5-15(8)9/h1-3,9,13H,4-6H2,(H,14,16)/t9-/m1/s1. The quantitative estimate of drug-likeness (QED) is 0.662. The number of hydrogen-bond acceptors (Lipinski definition) is 3. The fourth-order valence-corrected chi connectivity index (χ4v) is 2.32. The lowest BCUT2D eigenvalue weighted by molar-refractivity contribution is 0.0918. The van der Waals surface area contributed by atoms with Crippen molar-refractivity contribution in [3.63, 3.8) is 0 Å². The largest absolute Gasteiger partial charge is 0.348 e. The van der Waals surface area contributed by atoms with E-state index in [1.165, 1.54) is 6.07 Å². The molecule has 0 spiro atoms. The minimum atomic E-state index is -0.452. The fraction of sp³-hybridized carbons (Fsp3) is 0.364. The van der Waals surface area contributed by atoms with Crippen LogP contribution in [0.4, 0.5) is 10.1 Å². The molecule has 0 aromatic heterocycles. The van der Waals surface area contributed by atoms with Gasteiger partial charge in [0.1, 0.15) is 12.0 Å². The molecular formula is C11H12FN3O. The highest BCUT2D eigenvalue weighted by Crippen LogP contribution is 2.28. The minimum Gasteiger partial charge on any atom is -0.348 e. The summed E-state index contributed by atoms with van der Waals surface area (Å²) < 4.78 is 13.6. The molecule has 1 aromatic rings. The van der Waals surface area contributed by atoms with E-state index in [1.807, 2.05) is 4.90 Å². The van der Waals surface area contributed by atoms with Gasteiger partial charge in [0.05, 0.1) is 11.3 Å². The zero-order chi connectivity index (χ0) is 11.1. The van der Waals surface area contributed by atoms with Crippen LogP contribution < -0.4 is 15.5 Å². The third-order valence-electron chi connectivity index (χ3n) is 3.07. The Labute approximate surface area is 92.4 Å². The van der Waals surface area contributed by atoms with Gasteiger partial charge in [0.2, 0.25) is 0 Å². The Kier molecular flexibility index (Phi) is 2.07. The topological polar surface area (TPSA) is 44.4 Å². The SMILES string of the molecule is O=C1N[C@H]2CNCCN2c2cccc(F)c21. The summed E-state index contributed by atoms with van der Waals surface area (Å²) in [4.78, 5) is 13.8. The molecule has 5 heteroatoms. The zero-order valence-electron chi connectivity index (χ0n) is 8.66. The lowest BCUT2D eigenvalue weighted by Crippen LogP contribution is -2.62. The molecule has 16 heavy (non-hydrogen) atoms. The highest BCUT2D eigenvalue weighted by molar-refractivity contribution is 6.02. The Morgan fingerprint density at radius 3 is 3.19 bits per heavy atom. The van der Waals surface area contributed by atoms with Crippen LogP contribution in [-0.2, 0) is 0 Å². The Hall–Kier alpha value is -1.62. The molecule has 0 bridgehead atoms. The molecule has 3 rings (SSSR count). The summed E-state index contributed by atoms with van der Waals surface area (Å²) >= 11 is 0. The van der Waals surface area contributed by atoms with E-state index in [-0.39, 0.29) is 17.6 Å². The number of carbonyl (C=O) groups is 1. The predicted octanol–water partition coefficient (Wildman–Crippen LogP) is 0.305. The molecule has 0 unspecified atom stereocenters. The zero-order valence-corrected chi connectivity index (χ0v) is 8.66. The molecule has 2 N–H and O–H groups in total. The molecule has 2 heterocycles. The van der Waals surface area contributed by atoms with E-state index in [1.54, 1.807) is 12.1 Å². The number of carbonyl (C=O) groups excluding carboxylic acids is 1. The monoisotopic (exact) mass is 221 g/mol. The summed E-state index contributed by atoms with van der Waals surface area (Å²) in [5.41, 5.74) is 0.871. The number of amides is 1. The summed E-state index contributed by atoms with van der Waals surface area (Å²) in [7, 11) is 0. The van der Waals surface area contributed by atoms with Gasteiger partial charge in [-0.2, -0.15) is 0 Å². The Morgan fingerprint density at radius 1 is 1.44 bits per heavy atom. The van der Waals surface area contributed by atoms with Gasteiger partial charge in [-0.3, -0.25) is 4.79 Å². The second-order valence-corrected chi connectivity index (χ2v) is 4.02. The predicted molar refractivity (Wildman–Crippen MR) is 57.9 cm³/mol. The van der Waals surface area contributed by atoms with Crippen molar-refractivity contribution < 1.29 is 9.18 Å². The summed E-state index contributed by atoms with van der Waals surface area (Å²) in [6, 6.07) is 4.77. The number of nitrogens with one attached hydrogen (secondary N) is 2. The van der Waals surface area contributed by atoms with Gasteiger partial charge in [-0.15, -0.1) is 0 Å². The minimum absolute atomic E-state index is 0.0597. The summed E-state index contributed by atoms with van der Waals surface area (Å²) in [5, 5.41) is 6.00. The molecule has 0 saturated carbocycles. The molecule has 2 aliphatic rings. The van der Waals surface area contributed by atoms with Crippen molar-refractivity contribution in [3.05, 3.63) is 29.6 Å². The van der Waals surface area contributed by atoms with Gasteiger partial charge in [0.25, 0.3) is 5.91 Å². The maximum atomic E-state index is 13.6. The van der Waals surface area contributed by atoms with Crippen molar-refractivity contribution in [1.82, 2.24) is 10.6 Å². The van der Waals surface area contributed by atoms with Crippen molar-refractivity contribution in [1.29, 1.82) is 0 Å². The Morgan fingerprint density at radius 2 is 2.31 bits per heavy atom. The van der Waals surface area contributed by atoms with Gasteiger partial charge in [-0.25, -0.2) is 4.39 Å². The number of anilines is 1. The van der Waals surface area contributed by atoms with E-state index in [0.717, 1.165) is 13.1 Å². The molecule has 1 amide bonds. The van der Waals surface area contributed by atoms with Crippen LogP contribution in [0.3, 0.4) is 0 Å². The van der Waals surface area contributed by atoms with Crippen molar-refractivity contribution in [2.75, 3.05) is 24.5 Å². The molecule has 1 aromatic carbocycles. The second kappa shape index (κ2) is 3.45. The first-order chi connectivity index (χ1) is 7.77. The molecule has 1 atom stereocenters. The van der Waals surface area contributed by atoms with Crippen LogP contribution in [0.2, 0.25) is 0 Å². The van der Waals surface area contributed by atoms with Gasteiger partial charge in [0.15, 0.2) is 0 Å². The van der Waals surface area contributed by atoms with Gasteiger partial charge >= 0.3 is 0 Å². The highest BCUT2D eigenvalue weighted by Gasteiger charge is 2.33. The normalized spacial score (nSPS) is 23.4. The van der Waals surface area contributed by atoms with Crippen LogP contribution in [0, 0.1) is 5.82 Å². The lowest BCUT2D eigenvalue weighted by Gasteiger charge is -2.42. The summed E-state index contributed by atoms with van der Waals surface area (Å²) in [5.74, 6) is -0.773. The smallest absolute Gasteiger partial charge is 0.258 e. The Balaban J connectivity index is 2.11. The van der Waals surface area contributed by atoms with Crippen molar-refractivity contribution in [2.24, 2.45) is 0 Å². The molecular weight excluding hydrogens is 209 g/mol. The number of nitrogens with zero attached hydrogens (tertiary/aromatic N) is 1. The van der Waals surface area contributed by atoms with Crippen LogP contribution in [0.1, 0.15) is 10.4 Å². The maximum absolute atomic E-state index is 13.6. The van der Waals surface area contributed by atoms with Crippen molar-refractivity contribution >= 4 is 11.6 Å². The molecule has 0 radical (unpaired) electrons. The molecule has 2 aliphatic heterocycles. The van der Waals surface area contributed by atoms with Crippen molar-refractivity contribution in [2.45, 2.75) is 6.17 Å². The van der Waals surface area contributed by atoms with Crippen LogP contribution in [0.25, 0.3) is 0 Å². The van der Waals surface area contributed by atoms with Crippen LogP contribution in [0.15, 0.2) is 18.2 Å². The fourth-order valence-electron chi connectivity index (χ4n) is 2.32. The average molecular weight is 221 g/mol. The van der Waals surface area contributed by atoms with Crippen LogP contribution in [-0.4, -0.2) is 31.7 Å². The lowest BCUT2D eigenvalue weighted by atomic mass is 10.1. The molecule has 1 fully saturated rings.